The minimum Gasteiger partial charge on any atom is -0.352 e. The van der Waals surface area contributed by atoms with Crippen LogP contribution in [0.5, 0.6) is 0 Å². The maximum absolute atomic E-state index is 12.8. The third-order valence-corrected chi connectivity index (χ3v) is 6.16. The third-order valence-electron chi connectivity index (χ3n) is 4.93. The fourth-order valence-corrected chi connectivity index (χ4v) is 4.39. The quantitative estimate of drug-likeness (QED) is 0.733. The molecule has 1 fully saturated rings. The highest BCUT2D eigenvalue weighted by Crippen LogP contribution is 2.23. The Morgan fingerprint density at radius 1 is 1.30 bits per heavy atom. The average molecular weight is 450 g/mol. The van der Waals surface area contributed by atoms with Crippen LogP contribution in [0.15, 0.2) is 45.6 Å². The van der Waals surface area contributed by atoms with Gasteiger partial charge >= 0.3 is 0 Å². The van der Waals surface area contributed by atoms with E-state index in [-0.39, 0.29) is 17.9 Å². The van der Waals surface area contributed by atoms with Crippen molar-refractivity contribution in [2.75, 3.05) is 27.2 Å². The lowest BCUT2D eigenvalue weighted by molar-refractivity contribution is -0.125. The molecule has 0 saturated carbocycles. The Morgan fingerprint density at radius 3 is 2.67 bits per heavy atom. The highest BCUT2D eigenvalue weighted by molar-refractivity contribution is 9.10. The van der Waals surface area contributed by atoms with Crippen molar-refractivity contribution in [1.29, 1.82) is 0 Å². The molecular weight excluding hydrogens is 426 g/mol. The molecule has 1 aliphatic rings. The lowest BCUT2D eigenvalue weighted by Crippen LogP contribution is -2.47. The molecule has 1 aromatic heterocycles. The number of benzene rings is 1. The minimum absolute atomic E-state index is 0.0694. The zero-order valence-electron chi connectivity index (χ0n) is 15.5. The average Bonchev–Trinajstić information content (AvgIpc) is 3.33. The summed E-state index contributed by atoms with van der Waals surface area (Å²) in [7, 11) is 4.01. The summed E-state index contributed by atoms with van der Waals surface area (Å²) in [6.45, 7) is 1.15. The molecule has 1 aromatic carbocycles. The van der Waals surface area contributed by atoms with Crippen LogP contribution in [0.3, 0.4) is 0 Å². The van der Waals surface area contributed by atoms with E-state index in [0.29, 0.717) is 25.1 Å². The number of halogens is 1. The largest absolute Gasteiger partial charge is 0.352 e. The molecule has 2 atom stereocenters. The van der Waals surface area contributed by atoms with E-state index in [0.717, 1.165) is 10.9 Å². The summed E-state index contributed by atoms with van der Waals surface area (Å²) in [4.78, 5) is 29.4. The second kappa shape index (κ2) is 8.99. The van der Waals surface area contributed by atoms with Crippen LogP contribution in [0.2, 0.25) is 0 Å². The molecule has 1 saturated heterocycles. The van der Waals surface area contributed by atoms with Gasteiger partial charge in [-0.15, -0.1) is 0 Å². The summed E-state index contributed by atoms with van der Waals surface area (Å²) in [5.41, 5.74) is 1.81. The van der Waals surface area contributed by atoms with Gasteiger partial charge in [-0.05, 0) is 73.6 Å². The Balaban J connectivity index is 1.64. The molecule has 2 heterocycles. The number of hydrogen-bond acceptors (Lipinski definition) is 4. The van der Waals surface area contributed by atoms with Gasteiger partial charge in [-0.2, -0.15) is 11.3 Å². The maximum Gasteiger partial charge on any atom is 0.254 e. The first-order valence-electron chi connectivity index (χ1n) is 9.00. The van der Waals surface area contributed by atoms with Gasteiger partial charge in [0.15, 0.2) is 0 Å². The van der Waals surface area contributed by atoms with Crippen LogP contribution in [0.1, 0.15) is 34.8 Å². The third kappa shape index (κ3) is 4.78. The molecule has 0 aliphatic carbocycles. The van der Waals surface area contributed by atoms with E-state index in [1.165, 1.54) is 5.56 Å². The first kappa shape index (κ1) is 20.0. The Bertz CT molecular complexity index is 777. The predicted octanol–water partition coefficient (Wildman–Crippen LogP) is 3.53. The van der Waals surface area contributed by atoms with Crippen molar-refractivity contribution in [1.82, 2.24) is 15.1 Å². The van der Waals surface area contributed by atoms with Crippen LogP contribution < -0.4 is 5.32 Å². The number of nitrogens with zero attached hydrogens (tertiary/aromatic N) is 2. The van der Waals surface area contributed by atoms with Crippen LogP contribution in [0, 0.1) is 0 Å². The predicted molar refractivity (Wildman–Crippen MR) is 112 cm³/mol. The molecule has 7 heteroatoms. The summed E-state index contributed by atoms with van der Waals surface area (Å²) in [5.74, 6) is -0.151. The van der Waals surface area contributed by atoms with E-state index >= 15 is 0 Å². The normalized spacial score (nSPS) is 17.9. The van der Waals surface area contributed by atoms with Crippen LogP contribution in [0.4, 0.5) is 0 Å². The van der Waals surface area contributed by atoms with Gasteiger partial charge in [-0.25, -0.2) is 0 Å². The minimum atomic E-state index is -0.397. The van der Waals surface area contributed by atoms with Crippen molar-refractivity contribution in [2.45, 2.75) is 24.9 Å². The summed E-state index contributed by atoms with van der Waals surface area (Å²) < 4.78 is 0.929. The number of likely N-dealkylation sites (tertiary alicyclic amines) is 1. The molecule has 0 bridgehead atoms. The molecule has 1 N–H and O–H groups in total. The molecule has 5 nitrogen and oxygen atoms in total. The molecule has 0 radical (unpaired) electrons. The van der Waals surface area contributed by atoms with E-state index in [4.69, 9.17) is 0 Å². The Hall–Kier alpha value is -1.70. The SMILES string of the molecule is CN(C)C(CNC(=O)C1CCCN1C(=O)c1ccc(Br)cc1)c1ccsc1. The molecule has 3 rings (SSSR count). The Kier molecular flexibility index (Phi) is 6.68. The van der Waals surface area contributed by atoms with Gasteiger partial charge in [0.2, 0.25) is 5.91 Å². The van der Waals surface area contributed by atoms with Crippen molar-refractivity contribution in [3.63, 3.8) is 0 Å². The van der Waals surface area contributed by atoms with E-state index in [1.54, 1.807) is 28.4 Å². The first-order valence-corrected chi connectivity index (χ1v) is 10.7. The number of nitrogens with one attached hydrogen (secondary N) is 1. The van der Waals surface area contributed by atoms with Crippen LogP contribution in [-0.4, -0.2) is 54.8 Å². The van der Waals surface area contributed by atoms with Gasteiger partial charge in [0.05, 0.1) is 6.04 Å². The van der Waals surface area contributed by atoms with Gasteiger partial charge in [0.1, 0.15) is 6.04 Å². The Labute approximate surface area is 172 Å². The number of rotatable bonds is 6. The fraction of sp³-hybridized carbons (Fsp3) is 0.400. The highest BCUT2D eigenvalue weighted by Gasteiger charge is 2.34. The van der Waals surface area contributed by atoms with Crippen molar-refractivity contribution in [2.24, 2.45) is 0 Å². The lowest BCUT2D eigenvalue weighted by Gasteiger charge is -2.27. The van der Waals surface area contributed by atoms with Crippen molar-refractivity contribution in [3.05, 3.63) is 56.7 Å². The van der Waals surface area contributed by atoms with E-state index in [9.17, 15) is 9.59 Å². The van der Waals surface area contributed by atoms with Crippen molar-refractivity contribution < 1.29 is 9.59 Å². The monoisotopic (exact) mass is 449 g/mol. The van der Waals surface area contributed by atoms with Gasteiger partial charge in [0.25, 0.3) is 5.91 Å². The zero-order valence-corrected chi connectivity index (χ0v) is 17.9. The molecule has 144 valence electrons. The number of thiophene rings is 1. The second-order valence-electron chi connectivity index (χ2n) is 6.94. The van der Waals surface area contributed by atoms with Gasteiger partial charge in [0, 0.05) is 23.1 Å². The zero-order chi connectivity index (χ0) is 19.4. The second-order valence-corrected chi connectivity index (χ2v) is 8.64. The van der Waals surface area contributed by atoms with E-state index < -0.39 is 6.04 Å². The number of likely N-dealkylation sites (N-methyl/N-ethyl adjacent to an activating group) is 1. The van der Waals surface area contributed by atoms with E-state index in [2.05, 4.69) is 37.6 Å². The number of amides is 2. The van der Waals surface area contributed by atoms with Crippen LogP contribution in [0.25, 0.3) is 0 Å². The summed E-state index contributed by atoms with van der Waals surface area (Å²) in [6.07, 6.45) is 1.56. The van der Waals surface area contributed by atoms with Gasteiger partial charge < -0.3 is 15.1 Å². The molecular formula is C20H24BrN3O2S. The topological polar surface area (TPSA) is 52.7 Å². The first-order chi connectivity index (χ1) is 13.0. The summed E-state index contributed by atoms with van der Waals surface area (Å²) in [5, 5.41) is 7.21. The summed E-state index contributed by atoms with van der Waals surface area (Å²) in [6, 6.07) is 9.09. The smallest absolute Gasteiger partial charge is 0.254 e. The van der Waals surface area contributed by atoms with Crippen LogP contribution in [-0.2, 0) is 4.79 Å². The number of carbonyl (C=O) groups is 2. The molecule has 0 spiro atoms. The Morgan fingerprint density at radius 2 is 2.04 bits per heavy atom. The van der Waals surface area contributed by atoms with Crippen molar-refractivity contribution >= 4 is 39.1 Å². The standard InChI is InChI=1S/C20H24BrN3O2S/c1-23(2)18(15-9-11-27-13-15)12-22-19(25)17-4-3-10-24(17)20(26)14-5-7-16(21)8-6-14/h5-9,11,13,17-18H,3-4,10,12H2,1-2H3,(H,22,25). The van der Waals surface area contributed by atoms with Gasteiger partial charge in [-0.3, -0.25) is 9.59 Å². The highest BCUT2D eigenvalue weighted by atomic mass is 79.9. The lowest BCUT2D eigenvalue weighted by atomic mass is 10.1. The van der Waals surface area contributed by atoms with Crippen LogP contribution >= 0.6 is 27.3 Å². The number of carbonyl (C=O) groups excluding carboxylic acids is 2. The fourth-order valence-electron chi connectivity index (χ4n) is 3.42. The maximum atomic E-state index is 12.8. The van der Waals surface area contributed by atoms with Crippen molar-refractivity contribution in [3.8, 4) is 0 Å². The molecule has 2 aromatic rings. The molecule has 27 heavy (non-hydrogen) atoms. The van der Waals surface area contributed by atoms with E-state index in [1.807, 2.05) is 31.6 Å². The summed E-state index contributed by atoms with van der Waals surface area (Å²) >= 11 is 5.04. The molecule has 2 unspecified atom stereocenters. The number of hydrogen-bond donors (Lipinski definition) is 1. The van der Waals surface area contributed by atoms with Gasteiger partial charge in [-0.1, -0.05) is 15.9 Å². The molecule has 2 amide bonds. The molecule has 1 aliphatic heterocycles.